The molecule has 2 aromatic rings. The maximum Gasteiger partial charge on any atom is 0.338 e. The average Bonchev–Trinajstić information content (AvgIpc) is 2.75. The molecule has 0 radical (unpaired) electrons. The fourth-order valence-corrected chi connectivity index (χ4v) is 5.57. The fraction of sp³-hybridized carbons (Fsp3) is 0.318. The smallest absolute Gasteiger partial charge is 0.338 e. The quantitative estimate of drug-likeness (QED) is 0.569. The van der Waals surface area contributed by atoms with Crippen molar-refractivity contribution in [2.24, 2.45) is 0 Å². The summed E-state index contributed by atoms with van der Waals surface area (Å²) in [6.07, 6.45) is -0.232. The SMILES string of the molecule is C[C@@H]1CN(C(=O)COC(=O)c2ccc3c(c2)S(=O)(=O)c2ccccc2C3=O)C[C@H](C)O1. The molecule has 1 fully saturated rings. The van der Waals surface area contributed by atoms with Crippen LogP contribution in [0.5, 0.6) is 0 Å². The summed E-state index contributed by atoms with van der Waals surface area (Å²) in [5.41, 5.74) is 0.0542. The van der Waals surface area contributed by atoms with E-state index in [9.17, 15) is 22.8 Å². The number of morpholine rings is 1. The van der Waals surface area contributed by atoms with Gasteiger partial charge in [0.15, 0.2) is 12.4 Å². The van der Waals surface area contributed by atoms with Crippen LogP contribution < -0.4 is 0 Å². The van der Waals surface area contributed by atoms with Gasteiger partial charge in [0.2, 0.25) is 9.84 Å². The third-order valence-electron chi connectivity index (χ3n) is 5.27. The molecular weight excluding hydrogens is 422 g/mol. The summed E-state index contributed by atoms with van der Waals surface area (Å²) in [5.74, 6) is -1.62. The number of benzene rings is 2. The lowest BCUT2D eigenvalue weighted by Gasteiger charge is -2.35. The lowest BCUT2D eigenvalue weighted by Crippen LogP contribution is -2.49. The largest absolute Gasteiger partial charge is 0.452 e. The molecular formula is C22H21NO7S. The van der Waals surface area contributed by atoms with Crippen LogP contribution in [0.25, 0.3) is 0 Å². The van der Waals surface area contributed by atoms with Gasteiger partial charge < -0.3 is 14.4 Å². The second-order valence-corrected chi connectivity index (χ2v) is 9.56. The van der Waals surface area contributed by atoms with Crippen molar-refractivity contribution in [3.8, 4) is 0 Å². The van der Waals surface area contributed by atoms with Gasteiger partial charge in [-0.25, -0.2) is 13.2 Å². The number of amides is 1. The van der Waals surface area contributed by atoms with E-state index in [1.54, 1.807) is 11.0 Å². The minimum Gasteiger partial charge on any atom is -0.452 e. The number of hydrogen-bond acceptors (Lipinski definition) is 7. The number of carbonyl (C=O) groups is 3. The minimum atomic E-state index is -3.97. The molecule has 9 heteroatoms. The van der Waals surface area contributed by atoms with E-state index in [1.807, 2.05) is 13.8 Å². The highest BCUT2D eigenvalue weighted by Gasteiger charge is 2.35. The van der Waals surface area contributed by atoms with Crippen LogP contribution in [0.15, 0.2) is 52.3 Å². The van der Waals surface area contributed by atoms with Crippen LogP contribution in [0.4, 0.5) is 0 Å². The second kappa shape index (κ2) is 7.90. The zero-order valence-corrected chi connectivity index (χ0v) is 17.8. The average molecular weight is 443 g/mol. The van der Waals surface area contributed by atoms with Gasteiger partial charge in [0.05, 0.1) is 27.6 Å². The van der Waals surface area contributed by atoms with Crippen molar-refractivity contribution >= 4 is 27.5 Å². The first-order valence-corrected chi connectivity index (χ1v) is 11.3. The van der Waals surface area contributed by atoms with Crippen molar-refractivity contribution < 1.29 is 32.3 Å². The molecule has 8 nitrogen and oxygen atoms in total. The van der Waals surface area contributed by atoms with Crippen LogP contribution >= 0.6 is 0 Å². The van der Waals surface area contributed by atoms with E-state index < -0.39 is 28.2 Å². The Labute approximate surface area is 179 Å². The zero-order valence-electron chi connectivity index (χ0n) is 17.0. The minimum absolute atomic E-state index is 0.00242. The van der Waals surface area contributed by atoms with Gasteiger partial charge in [-0.1, -0.05) is 12.1 Å². The topological polar surface area (TPSA) is 107 Å². The number of rotatable bonds is 3. The Kier molecular flexibility index (Phi) is 5.40. The normalized spacial score (nSPS) is 21.7. The zero-order chi connectivity index (χ0) is 22.3. The molecule has 1 amide bonds. The highest BCUT2D eigenvalue weighted by molar-refractivity contribution is 7.91. The first-order chi connectivity index (χ1) is 14.7. The van der Waals surface area contributed by atoms with Crippen molar-refractivity contribution in [3.05, 3.63) is 59.2 Å². The molecule has 0 unspecified atom stereocenters. The molecule has 0 spiro atoms. The highest BCUT2D eigenvalue weighted by Crippen LogP contribution is 2.34. The Morgan fingerprint density at radius 1 is 1.03 bits per heavy atom. The van der Waals surface area contributed by atoms with E-state index in [2.05, 4.69) is 0 Å². The van der Waals surface area contributed by atoms with Crippen molar-refractivity contribution in [3.63, 3.8) is 0 Å². The summed E-state index contributed by atoms with van der Waals surface area (Å²) >= 11 is 0. The maximum absolute atomic E-state index is 13.0. The molecule has 1 saturated heterocycles. The van der Waals surface area contributed by atoms with Crippen LogP contribution in [0.2, 0.25) is 0 Å². The summed E-state index contributed by atoms with van der Waals surface area (Å²) in [6.45, 7) is 4.05. The summed E-state index contributed by atoms with van der Waals surface area (Å²) < 4.78 is 36.6. The first kappa shape index (κ1) is 21.2. The Morgan fingerprint density at radius 2 is 1.68 bits per heavy atom. The van der Waals surface area contributed by atoms with Crippen LogP contribution in [0, 0.1) is 0 Å². The number of nitrogens with zero attached hydrogens (tertiary/aromatic N) is 1. The van der Waals surface area contributed by atoms with Crippen LogP contribution in [0.1, 0.15) is 40.1 Å². The van der Waals surface area contributed by atoms with Gasteiger partial charge in [0, 0.05) is 24.2 Å². The Hall–Kier alpha value is -3.04. The molecule has 0 N–H and O–H groups in total. The molecule has 4 rings (SSSR count). The molecule has 0 aliphatic carbocycles. The second-order valence-electron chi connectivity index (χ2n) is 7.67. The molecule has 2 heterocycles. The van der Waals surface area contributed by atoms with E-state index in [1.165, 1.54) is 30.3 Å². The van der Waals surface area contributed by atoms with Crippen molar-refractivity contribution in [1.82, 2.24) is 4.90 Å². The monoisotopic (exact) mass is 443 g/mol. The molecule has 2 aliphatic heterocycles. The number of carbonyl (C=O) groups excluding carboxylic acids is 3. The standard InChI is InChI=1S/C22H21NO7S/c1-13-10-23(11-14(2)30-13)20(24)12-29-22(26)15-7-8-17-19(9-15)31(27,28)18-6-4-3-5-16(18)21(17)25/h3-9,13-14H,10-12H2,1-2H3/t13-,14+. The van der Waals surface area contributed by atoms with Gasteiger partial charge >= 0.3 is 5.97 Å². The van der Waals surface area contributed by atoms with Crippen LogP contribution in [-0.4, -0.2) is 62.9 Å². The summed E-state index contributed by atoms with van der Waals surface area (Å²) in [5, 5.41) is 0. The predicted octanol–water partition coefficient (Wildman–Crippen LogP) is 1.86. The van der Waals surface area contributed by atoms with E-state index in [0.717, 1.165) is 6.07 Å². The lowest BCUT2D eigenvalue weighted by molar-refractivity contribution is -0.146. The van der Waals surface area contributed by atoms with E-state index >= 15 is 0 Å². The number of ether oxygens (including phenoxy) is 2. The van der Waals surface area contributed by atoms with Crippen molar-refractivity contribution in [2.45, 2.75) is 35.8 Å². The van der Waals surface area contributed by atoms with Gasteiger partial charge in [0.1, 0.15) is 0 Å². The van der Waals surface area contributed by atoms with Crippen molar-refractivity contribution in [1.29, 1.82) is 0 Å². The van der Waals surface area contributed by atoms with Crippen LogP contribution in [0.3, 0.4) is 0 Å². The van der Waals surface area contributed by atoms with Crippen molar-refractivity contribution in [2.75, 3.05) is 19.7 Å². The van der Waals surface area contributed by atoms with Gasteiger partial charge in [-0.05, 0) is 44.2 Å². The van der Waals surface area contributed by atoms with E-state index in [0.29, 0.717) is 13.1 Å². The third kappa shape index (κ3) is 3.86. The van der Waals surface area contributed by atoms with E-state index in [-0.39, 0.29) is 44.6 Å². The lowest BCUT2D eigenvalue weighted by atomic mass is 10.0. The third-order valence-corrected chi connectivity index (χ3v) is 7.12. The summed E-state index contributed by atoms with van der Waals surface area (Å²) in [4.78, 5) is 38.8. The molecule has 2 atom stereocenters. The summed E-state index contributed by atoms with van der Waals surface area (Å²) in [7, 11) is -3.97. The number of ketones is 1. The van der Waals surface area contributed by atoms with E-state index in [4.69, 9.17) is 9.47 Å². The first-order valence-electron chi connectivity index (χ1n) is 9.81. The van der Waals surface area contributed by atoms with Gasteiger partial charge in [0.25, 0.3) is 5.91 Å². The molecule has 0 bridgehead atoms. The number of sulfone groups is 1. The molecule has 2 aliphatic rings. The molecule has 31 heavy (non-hydrogen) atoms. The molecule has 0 aromatic heterocycles. The molecule has 162 valence electrons. The Balaban J connectivity index is 1.53. The fourth-order valence-electron chi connectivity index (χ4n) is 3.89. The van der Waals surface area contributed by atoms with Crippen LogP contribution in [-0.2, 0) is 24.1 Å². The van der Waals surface area contributed by atoms with Gasteiger partial charge in [-0.15, -0.1) is 0 Å². The predicted molar refractivity (Wildman–Crippen MR) is 109 cm³/mol. The number of fused-ring (bicyclic) bond motifs is 2. The summed E-state index contributed by atoms with van der Waals surface area (Å²) in [6, 6.07) is 9.70. The Bertz CT molecular complexity index is 1180. The maximum atomic E-state index is 13.0. The molecule has 0 saturated carbocycles. The number of esters is 1. The highest BCUT2D eigenvalue weighted by atomic mass is 32.2. The number of hydrogen-bond donors (Lipinski definition) is 0. The van der Waals surface area contributed by atoms with Gasteiger partial charge in [-0.2, -0.15) is 0 Å². The molecule has 2 aromatic carbocycles. The Morgan fingerprint density at radius 3 is 2.39 bits per heavy atom. The van der Waals surface area contributed by atoms with Gasteiger partial charge in [-0.3, -0.25) is 9.59 Å².